The molecule has 532 valence electrons. The Morgan fingerprint density at radius 3 is 1.81 bits per heavy atom. The number of rotatable bonds is 30. The van der Waals surface area contributed by atoms with E-state index in [0.717, 1.165) is 23.8 Å². The number of unbranched alkanes of at least 4 members (excludes halogenated alkanes) is 1. The number of hydrogen-bond donors (Lipinski definition) is 16. The standard InChI is InChI=1S/C59H99N13O22/c1-10-93-47(49(63)82)45-55(88)66-34(26-41(78)79)58(91)72-23-14-12-17-36(72)59(92)94-38(25-28(4)5)44(69-52(85)42(29(6)30(7)48(62)81)67-56(89)46(80)37(74)18-15-19-39(61)75)54(87)68-43(31(8)73)53(86)64-32(16-11-13-22-60)50(83)65-33(24-27(2)3)57(90)71(9)35(51(84)70-45)20-21-40(76)77/h27-38,42-47,73-74,80H,10-26,60H2,1-9H3,(H2,61,75)(H2,62,81)(H2,63,82)(H,64,86)(H,65,83)(H,66,88)(H,67,89)(H,68,87)(H,69,85)(H,70,84)(H,76,77)(H,78,79). The van der Waals surface area contributed by atoms with E-state index in [0.29, 0.717) is 0 Å². The average molecular weight is 1340 g/mol. The number of ether oxygens (including phenoxy) is 2. The summed E-state index contributed by atoms with van der Waals surface area (Å²) in [5.41, 5.74) is 22.3. The normalized spacial score (nSPS) is 24.9. The van der Waals surface area contributed by atoms with E-state index in [-0.39, 0.29) is 90.3 Å². The lowest BCUT2D eigenvalue weighted by atomic mass is 9.87. The van der Waals surface area contributed by atoms with Gasteiger partial charge in [0.25, 0.3) is 5.91 Å². The predicted octanol–water partition coefficient (Wildman–Crippen LogP) is -5.52. The van der Waals surface area contributed by atoms with Crippen LogP contribution < -0.4 is 60.2 Å². The van der Waals surface area contributed by atoms with Crippen LogP contribution in [-0.2, 0) is 81.4 Å². The summed E-state index contributed by atoms with van der Waals surface area (Å²) in [7, 11) is 1.07. The molecule has 2 aliphatic heterocycles. The molecule has 12 amide bonds. The number of aliphatic hydroxyl groups excluding tert-OH is 3. The highest BCUT2D eigenvalue weighted by molar-refractivity contribution is 6.01. The molecule has 2 aliphatic rings. The van der Waals surface area contributed by atoms with E-state index in [2.05, 4.69) is 37.2 Å². The largest absolute Gasteiger partial charge is 0.481 e. The van der Waals surface area contributed by atoms with Gasteiger partial charge in [0.05, 0.1) is 18.6 Å². The Morgan fingerprint density at radius 2 is 1.27 bits per heavy atom. The maximum atomic E-state index is 15.2. The molecule has 16 unspecified atom stereocenters. The number of carbonyl (C=O) groups is 15. The van der Waals surface area contributed by atoms with Gasteiger partial charge in [-0.15, -0.1) is 0 Å². The number of fused-ring (bicyclic) bond motifs is 1. The van der Waals surface area contributed by atoms with E-state index in [4.69, 9.17) is 32.4 Å². The van der Waals surface area contributed by atoms with Crippen molar-refractivity contribution in [2.75, 3.05) is 26.7 Å². The summed E-state index contributed by atoms with van der Waals surface area (Å²) in [6.07, 6.45) is -13.7. The number of carboxylic acid groups (broad SMARTS) is 2. The zero-order valence-corrected chi connectivity index (χ0v) is 54.8. The van der Waals surface area contributed by atoms with E-state index >= 15 is 4.79 Å². The molecule has 2 fully saturated rings. The zero-order chi connectivity index (χ0) is 71.6. The highest BCUT2D eigenvalue weighted by Crippen LogP contribution is 2.25. The molecule has 94 heavy (non-hydrogen) atoms. The van der Waals surface area contributed by atoms with Crippen LogP contribution in [0.5, 0.6) is 0 Å². The van der Waals surface area contributed by atoms with Gasteiger partial charge in [0.15, 0.2) is 12.2 Å². The van der Waals surface area contributed by atoms with E-state index < -0.39 is 217 Å². The molecule has 2 heterocycles. The van der Waals surface area contributed by atoms with Crippen molar-refractivity contribution in [3.8, 4) is 0 Å². The minimum absolute atomic E-state index is 0.0850. The van der Waals surface area contributed by atoms with Crippen molar-refractivity contribution in [1.82, 2.24) is 47.0 Å². The summed E-state index contributed by atoms with van der Waals surface area (Å²) in [4.78, 5) is 211. The van der Waals surface area contributed by atoms with Crippen LogP contribution >= 0.6 is 0 Å². The van der Waals surface area contributed by atoms with Crippen molar-refractivity contribution in [2.45, 2.75) is 230 Å². The molecule has 0 spiro atoms. The summed E-state index contributed by atoms with van der Waals surface area (Å²) in [5.74, 6) is -22.8. The quantitative estimate of drug-likeness (QED) is 0.0236. The smallest absolute Gasteiger partial charge is 0.329 e. The number of nitrogens with one attached hydrogen (secondary N) is 7. The number of carbonyl (C=O) groups excluding carboxylic acids is 13. The van der Waals surface area contributed by atoms with Gasteiger partial charge in [-0.25, -0.2) is 4.79 Å². The fraction of sp³-hybridized carbons (Fsp3) is 0.746. The molecular formula is C59H99N13O22. The summed E-state index contributed by atoms with van der Waals surface area (Å²) < 4.78 is 11.6. The lowest BCUT2D eigenvalue weighted by molar-refractivity contribution is -0.166. The Labute approximate surface area is 544 Å². The maximum Gasteiger partial charge on any atom is 0.329 e. The Balaban J connectivity index is 3.21. The van der Waals surface area contributed by atoms with E-state index in [1.54, 1.807) is 27.7 Å². The van der Waals surface area contributed by atoms with Crippen LogP contribution in [0, 0.1) is 23.7 Å². The third-order valence-corrected chi connectivity index (χ3v) is 16.1. The molecule has 0 aromatic rings. The van der Waals surface area contributed by atoms with Crippen molar-refractivity contribution in [1.29, 1.82) is 0 Å². The molecule has 0 saturated carbocycles. The van der Waals surface area contributed by atoms with E-state index in [9.17, 15) is 92.7 Å². The number of likely N-dealkylation sites (N-methyl/N-ethyl adjacent to an activating group) is 1. The minimum atomic E-state index is -2.29. The summed E-state index contributed by atoms with van der Waals surface area (Å²) in [6.45, 7) is 10.9. The number of hydrogen-bond acceptors (Lipinski definition) is 21. The fourth-order valence-corrected chi connectivity index (χ4v) is 10.7. The van der Waals surface area contributed by atoms with Crippen molar-refractivity contribution >= 4 is 88.8 Å². The predicted molar refractivity (Wildman–Crippen MR) is 329 cm³/mol. The molecule has 20 N–H and O–H groups in total. The molecule has 0 aromatic heterocycles. The fourth-order valence-electron chi connectivity index (χ4n) is 10.7. The van der Waals surface area contributed by atoms with Crippen LogP contribution in [0.2, 0.25) is 0 Å². The molecule has 0 radical (unpaired) electrons. The summed E-state index contributed by atoms with van der Waals surface area (Å²) >= 11 is 0. The lowest BCUT2D eigenvalue weighted by Crippen LogP contribution is -2.65. The zero-order valence-electron chi connectivity index (χ0n) is 54.8. The number of cyclic esters (lactones) is 1. The van der Waals surface area contributed by atoms with Crippen molar-refractivity contribution in [2.24, 2.45) is 46.6 Å². The summed E-state index contributed by atoms with van der Waals surface area (Å²) in [6, 6.07) is -17.5. The van der Waals surface area contributed by atoms with Gasteiger partial charge in [-0.05, 0) is 109 Å². The first kappa shape index (κ1) is 81.9. The molecule has 2 rings (SSSR count). The third kappa shape index (κ3) is 25.6. The van der Waals surface area contributed by atoms with Gasteiger partial charge in [0, 0.05) is 39.0 Å². The SMILES string of the molecule is CCOC(C(N)=O)C1NC(=O)C(CCC(=O)O)N(C)C(=O)C(CC(C)C)NC(=O)C(CCCCN)NC(=O)C(C(C)O)NC(=O)C(NC(=O)C(NC(=O)C(O)C(O)CCCC(N)=O)C(C)C(C)C(N)=O)C(CC(C)C)OC(=O)C2CCCCN2C(=O)C(CC(=O)O)NC1=O. The van der Waals surface area contributed by atoms with Crippen molar-refractivity contribution in [3.63, 3.8) is 0 Å². The molecule has 0 aliphatic carbocycles. The monoisotopic (exact) mass is 1340 g/mol. The van der Waals surface area contributed by atoms with Crippen molar-refractivity contribution in [3.05, 3.63) is 0 Å². The first-order valence-electron chi connectivity index (χ1n) is 31.5. The number of primary amides is 3. The summed E-state index contributed by atoms with van der Waals surface area (Å²) in [5, 5.41) is 69.5. The van der Waals surface area contributed by atoms with Gasteiger partial charge in [-0.2, -0.15) is 0 Å². The van der Waals surface area contributed by atoms with E-state index in [1.165, 1.54) is 20.8 Å². The van der Waals surface area contributed by atoms with Gasteiger partial charge < -0.3 is 105 Å². The van der Waals surface area contributed by atoms with Crippen LogP contribution in [0.3, 0.4) is 0 Å². The van der Waals surface area contributed by atoms with Crippen molar-refractivity contribution < 1.29 is 107 Å². The number of aliphatic carboxylic acids is 2. The third-order valence-electron chi connectivity index (χ3n) is 16.1. The van der Waals surface area contributed by atoms with E-state index in [1.807, 2.05) is 0 Å². The second-order valence-electron chi connectivity index (χ2n) is 24.6. The second-order valence-corrected chi connectivity index (χ2v) is 24.6. The van der Waals surface area contributed by atoms with Gasteiger partial charge in [0.1, 0.15) is 60.5 Å². The second kappa shape index (κ2) is 39.5. The molecular weight excluding hydrogens is 1240 g/mol. The van der Waals surface area contributed by atoms with Crippen LogP contribution in [0.1, 0.15) is 145 Å². The molecule has 2 saturated heterocycles. The Bertz CT molecular complexity index is 2680. The topological polar surface area (TPSA) is 570 Å². The minimum Gasteiger partial charge on any atom is -0.481 e. The van der Waals surface area contributed by atoms with Gasteiger partial charge in [0.2, 0.25) is 65.0 Å². The molecule has 16 atom stereocenters. The Morgan fingerprint density at radius 1 is 0.670 bits per heavy atom. The highest BCUT2D eigenvalue weighted by Gasteiger charge is 2.47. The van der Waals surface area contributed by atoms with Crippen LogP contribution in [0.15, 0.2) is 0 Å². The van der Waals surface area contributed by atoms with Crippen LogP contribution in [-0.4, -0.2) is 236 Å². The number of nitrogens with two attached hydrogens (primary N) is 4. The first-order chi connectivity index (χ1) is 43.9. The number of aliphatic hydroxyl groups is 3. The van der Waals surface area contributed by atoms with Gasteiger partial charge in [-0.3, -0.25) is 67.1 Å². The highest BCUT2D eigenvalue weighted by atomic mass is 16.5. The first-order valence-corrected chi connectivity index (χ1v) is 31.5. The number of amides is 12. The molecule has 35 heteroatoms. The molecule has 0 bridgehead atoms. The maximum absolute atomic E-state index is 15.2. The van der Waals surface area contributed by atoms with Crippen LogP contribution in [0.4, 0.5) is 0 Å². The van der Waals surface area contributed by atoms with Gasteiger partial charge >= 0.3 is 17.9 Å². The molecule has 0 aromatic carbocycles. The lowest BCUT2D eigenvalue weighted by Gasteiger charge is -2.38. The number of esters is 1. The number of nitrogens with zero attached hydrogens (tertiary/aromatic N) is 2. The van der Waals surface area contributed by atoms with Gasteiger partial charge in [-0.1, -0.05) is 41.5 Å². The Hall–Kier alpha value is -8.15. The number of piperidine rings is 1. The average Bonchev–Trinajstić information content (AvgIpc) is 0.841. The van der Waals surface area contributed by atoms with Crippen LogP contribution in [0.25, 0.3) is 0 Å². The Kier molecular flexibility index (Phi) is 34.5. The molecule has 35 nitrogen and oxygen atoms in total. The number of carboxylic acids is 2.